The Balaban J connectivity index is 2.02. The second-order valence-corrected chi connectivity index (χ2v) is 5.75. The molecule has 5 nitrogen and oxygen atoms in total. The molecular formula is C18H15F3N2O3. The van der Waals surface area contributed by atoms with Crippen molar-refractivity contribution >= 4 is 11.6 Å². The molecule has 0 aliphatic carbocycles. The van der Waals surface area contributed by atoms with Gasteiger partial charge in [0.05, 0.1) is 19.2 Å². The summed E-state index contributed by atoms with van der Waals surface area (Å²) in [7, 11) is 1.46. The Kier molecular flexibility index (Phi) is 4.45. The topological polar surface area (TPSA) is 62.1 Å². The van der Waals surface area contributed by atoms with Crippen molar-refractivity contribution in [3.63, 3.8) is 0 Å². The lowest BCUT2D eigenvalue weighted by Crippen LogP contribution is -2.56. The van der Waals surface area contributed by atoms with E-state index in [1.54, 1.807) is 18.2 Å². The summed E-state index contributed by atoms with van der Waals surface area (Å²) in [5.41, 5.74) is -3.10. The molecule has 1 heterocycles. The van der Waals surface area contributed by atoms with Gasteiger partial charge in [-0.3, -0.25) is 4.79 Å². The van der Waals surface area contributed by atoms with Crippen molar-refractivity contribution in [2.75, 3.05) is 7.11 Å². The number of carbonyl (C=O) groups excluding carboxylic acids is 1. The standard InChI is InChI=1S/C18H15F3N2O3/c1-26-14-9-7-12(8-10-14)15-11-17(25,18(19,20)21)23(22-15)16(24)13-5-3-2-4-6-13/h2-10,25H,11H2,1H3. The number of methoxy groups -OCH3 is 1. The van der Waals surface area contributed by atoms with Crippen molar-refractivity contribution < 1.29 is 27.8 Å². The van der Waals surface area contributed by atoms with Gasteiger partial charge < -0.3 is 9.84 Å². The lowest BCUT2D eigenvalue weighted by Gasteiger charge is -2.32. The van der Waals surface area contributed by atoms with Crippen molar-refractivity contribution in [1.29, 1.82) is 0 Å². The van der Waals surface area contributed by atoms with E-state index in [0.29, 0.717) is 11.3 Å². The van der Waals surface area contributed by atoms with E-state index in [2.05, 4.69) is 5.10 Å². The Morgan fingerprint density at radius 1 is 1.15 bits per heavy atom. The van der Waals surface area contributed by atoms with Crippen molar-refractivity contribution in [3.05, 3.63) is 65.7 Å². The summed E-state index contributed by atoms with van der Waals surface area (Å²) in [6.45, 7) is 0. The largest absolute Gasteiger partial charge is 0.497 e. The van der Waals surface area contributed by atoms with Gasteiger partial charge in [0.25, 0.3) is 11.6 Å². The number of hydrazone groups is 1. The molecule has 0 radical (unpaired) electrons. The molecule has 1 unspecified atom stereocenters. The van der Waals surface area contributed by atoms with Crippen LogP contribution in [0.3, 0.4) is 0 Å². The van der Waals surface area contributed by atoms with Crippen molar-refractivity contribution in [1.82, 2.24) is 5.01 Å². The third-order valence-electron chi connectivity index (χ3n) is 4.08. The molecule has 8 heteroatoms. The van der Waals surface area contributed by atoms with Crippen LogP contribution in [-0.4, -0.2) is 40.7 Å². The fourth-order valence-electron chi connectivity index (χ4n) is 2.63. The summed E-state index contributed by atoms with van der Waals surface area (Å²) in [4.78, 5) is 12.5. The zero-order valence-corrected chi connectivity index (χ0v) is 13.7. The summed E-state index contributed by atoms with van der Waals surface area (Å²) in [6.07, 6.45) is -5.93. The van der Waals surface area contributed by atoms with Crippen LogP contribution in [0.25, 0.3) is 0 Å². The first-order chi connectivity index (χ1) is 12.3. The maximum absolute atomic E-state index is 13.5. The molecule has 2 aromatic rings. The summed E-state index contributed by atoms with van der Waals surface area (Å²) in [5.74, 6) is -0.510. The van der Waals surface area contributed by atoms with Crippen LogP contribution in [0.2, 0.25) is 0 Å². The quantitative estimate of drug-likeness (QED) is 0.910. The van der Waals surface area contributed by atoms with E-state index in [4.69, 9.17) is 4.74 Å². The highest BCUT2D eigenvalue weighted by molar-refractivity contribution is 6.05. The summed E-state index contributed by atoms with van der Waals surface area (Å²) in [6, 6.07) is 13.5. The van der Waals surface area contributed by atoms with Gasteiger partial charge >= 0.3 is 6.18 Å². The van der Waals surface area contributed by atoms with E-state index in [9.17, 15) is 23.1 Å². The van der Waals surface area contributed by atoms with E-state index < -0.39 is 24.2 Å². The average molecular weight is 364 g/mol. The predicted molar refractivity (Wildman–Crippen MR) is 87.8 cm³/mol. The number of ether oxygens (including phenoxy) is 1. The molecule has 0 saturated carbocycles. The lowest BCUT2D eigenvalue weighted by molar-refractivity contribution is -0.297. The van der Waals surface area contributed by atoms with E-state index in [-0.39, 0.29) is 16.3 Å². The molecule has 1 aliphatic heterocycles. The SMILES string of the molecule is COc1ccc(C2=NN(C(=O)c3ccccc3)C(O)(C(F)(F)F)C2)cc1. The third-order valence-corrected chi connectivity index (χ3v) is 4.08. The van der Waals surface area contributed by atoms with Crippen LogP contribution >= 0.6 is 0 Å². The predicted octanol–water partition coefficient (Wildman–Crippen LogP) is 3.20. The number of halogens is 3. The molecule has 0 fully saturated rings. The second kappa shape index (κ2) is 6.45. The van der Waals surface area contributed by atoms with Crippen LogP contribution in [0.15, 0.2) is 59.7 Å². The van der Waals surface area contributed by atoms with Gasteiger partial charge in [0, 0.05) is 5.56 Å². The highest BCUT2D eigenvalue weighted by atomic mass is 19.4. The Labute approximate surface area is 147 Å². The number of nitrogens with zero attached hydrogens (tertiary/aromatic N) is 2. The molecule has 1 atom stereocenters. The minimum absolute atomic E-state index is 0.00472. The highest BCUT2D eigenvalue weighted by Gasteiger charge is 2.63. The van der Waals surface area contributed by atoms with Crippen LogP contribution in [-0.2, 0) is 0 Å². The zero-order chi connectivity index (χ0) is 18.9. The van der Waals surface area contributed by atoms with E-state index in [1.807, 2.05) is 0 Å². The van der Waals surface area contributed by atoms with Gasteiger partial charge in [-0.2, -0.15) is 23.3 Å². The monoisotopic (exact) mass is 364 g/mol. The second-order valence-electron chi connectivity index (χ2n) is 5.75. The Hall–Kier alpha value is -2.87. The van der Waals surface area contributed by atoms with E-state index in [1.165, 1.54) is 43.5 Å². The maximum Gasteiger partial charge on any atom is 0.438 e. The molecule has 1 amide bonds. The van der Waals surface area contributed by atoms with Gasteiger partial charge in [-0.1, -0.05) is 18.2 Å². The molecule has 2 aromatic carbocycles. The number of rotatable bonds is 3. The van der Waals surface area contributed by atoms with E-state index >= 15 is 0 Å². The zero-order valence-electron chi connectivity index (χ0n) is 13.7. The first-order valence-corrected chi connectivity index (χ1v) is 7.67. The van der Waals surface area contributed by atoms with Gasteiger partial charge in [0.15, 0.2) is 0 Å². The number of alkyl halides is 3. The van der Waals surface area contributed by atoms with Gasteiger partial charge in [0.1, 0.15) is 5.75 Å². The van der Waals surface area contributed by atoms with Crippen molar-refractivity contribution in [2.24, 2.45) is 5.10 Å². The number of hydrogen-bond acceptors (Lipinski definition) is 4. The number of benzene rings is 2. The first-order valence-electron chi connectivity index (χ1n) is 7.67. The third kappa shape index (κ3) is 3.03. The number of aliphatic hydroxyl groups is 1. The van der Waals surface area contributed by atoms with Gasteiger partial charge in [-0.25, -0.2) is 0 Å². The fraction of sp³-hybridized carbons (Fsp3) is 0.222. The molecule has 0 saturated heterocycles. The van der Waals surface area contributed by atoms with Gasteiger partial charge in [-0.15, -0.1) is 0 Å². The molecule has 1 N–H and O–H groups in total. The minimum Gasteiger partial charge on any atom is -0.497 e. The summed E-state index contributed by atoms with van der Waals surface area (Å²) < 4.78 is 45.6. The highest BCUT2D eigenvalue weighted by Crippen LogP contribution is 2.42. The van der Waals surface area contributed by atoms with Crippen LogP contribution in [0.1, 0.15) is 22.3 Å². The van der Waals surface area contributed by atoms with E-state index in [0.717, 1.165) is 0 Å². The van der Waals surface area contributed by atoms with Crippen LogP contribution in [0, 0.1) is 0 Å². The van der Waals surface area contributed by atoms with Crippen LogP contribution in [0.5, 0.6) is 5.75 Å². The number of hydrogen-bond donors (Lipinski definition) is 1. The molecular weight excluding hydrogens is 349 g/mol. The van der Waals surface area contributed by atoms with Gasteiger partial charge in [0.2, 0.25) is 0 Å². The Morgan fingerprint density at radius 3 is 2.31 bits per heavy atom. The van der Waals surface area contributed by atoms with Crippen molar-refractivity contribution in [2.45, 2.75) is 18.3 Å². The average Bonchev–Trinajstić information content (AvgIpc) is 3.01. The van der Waals surface area contributed by atoms with Gasteiger partial charge in [-0.05, 0) is 42.0 Å². The molecule has 1 aliphatic rings. The molecule has 0 aromatic heterocycles. The lowest BCUT2D eigenvalue weighted by atomic mass is 10.0. The fourth-order valence-corrected chi connectivity index (χ4v) is 2.63. The smallest absolute Gasteiger partial charge is 0.438 e. The first kappa shape index (κ1) is 17.9. The molecule has 0 spiro atoms. The minimum atomic E-state index is -5.07. The molecule has 0 bridgehead atoms. The van der Waals surface area contributed by atoms with Crippen LogP contribution < -0.4 is 4.74 Å². The molecule has 3 rings (SSSR count). The summed E-state index contributed by atoms with van der Waals surface area (Å²) >= 11 is 0. The molecule has 136 valence electrons. The Morgan fingerprint density at radius 2 is 1.77 bits per heavy atom. The maximum atomic E-state index is 13.5. The van der Waals surface area contributed by atoms with Crippen LogP contribution in [0.4, 0.5) is 13.2 Å². The number of carbonyl (C=O) groups is 1. The number of amides is 1. The Bertz CT molecular complexity index is 835. The molecule has 26 heavy (non-hydrogen) atoms. The summed E-state index contributed by atoms with van der Waals surface area (Å²) in [5, 5.41) is 14.2. The van der Waals surface area contributed by atoms with Crippen molar-refractivity contribution in [3.8, 4) is 5.75 Å². The normalized spacial score (nSPS) is 20.0.